The number of thiophene rings is 1. The Balaban J connectivity index is 2.01. The monoisotopic (exact) mass is 317 g/mol. The Morgan fingerprint density at radius 1 is 1.59 bits per heavy atom. The van der Waals surface area contributed by atoms with E-state index in [-0.39, 0.29) is 0 Å². The van der Waals surface area contributed by atoms with Gasteiger partial charge in [-0.3, -0.25) is 0 Å². The van der Waals surface area contributed by atoms with Crippen LogP contribution >= 0.6 is 27.3 Å². The van der Waals surface area contributed by atoms with Crippen molar-refractivity contribution >= 4 is 27.3 Å². The van der Waals surface area contributed by atoms with Gasteiger partial charge < -0.3 is 10.1 Å². The van der Waals surface area contributed by atoms with Crippen molar-refractivity contribution in [3.05, 3.63) is 20.8 Å². The first-order valence-corrected chi connectivity index (χ1v) is 7.91. The molecule has 0 radical (unpaired) electrons. The number of nitrogens with one attached hydrogen (secondary N) is 1. The molecule has 1 fully saturated rings. The standard InChI is InChI=1S/C13H20BrNOS/c1-3-15-11(13-9(2)6-7-16-13)8-10-4-5-12(14)17-10/h4-5,9,11,13,15H,3,6-8H2,1-2H3. The number of hydrogen-bond acceptors (Lipinski definition) is 3. The van der Waals surface area contributed by atoms with Crippen molar-refractivity contribution in [1.29, 1.82) is 0 Å². The number of halogens is 1. The highest BCUT2D eigenvalue weighted by Crippen LogP contribution is 2.28. The van der Waals surface area contributed by atoms with Crippen molar-refractivity contribution in [2.75, 3.05) is 13.2 Å². The van der Waals surface area contributed by atoms with Gasteiger partial charge in [-0.15, -0.1) is 11.3 Å². The molecule has 2 heterocycles. The molecule has 0 bridgehead atoms. The second-order valence-corrected chi connectivity index (χ2v) is 7.22. The van der Waals surface area contributed by atoms with Crippen LogP contribution in [-0.2, 0) is 11.2 Å². The Morgan fingerprint density at radius 2 is 2.41 bits per heavy atom. The molecular formula is C13H20BrNOS. The lowest BCUT2D eigenvalue weighted by Crippen LogP contribution is -2.43. The maximum atomic E-state index is 5.89. The van der Waals surface area contributed by atoms with Crippen LogP contribution in [0, 0.1) is 5.92 Å². The molecule has 3 unspecified atom stereocenters. The van der Waals surface area contributed by atoms with Gasteiger partial charge in [0.2, 0.25) is 0 Å². The van der Waals surface area contributed by atoms with Gasteiger partial charge in [0.25, 0.3) is 0 Å². The summed E-state index contributed by atoms with van der Waals surface area (Å²) in [5.41, 5.74) is 0. The molecule has 1 aliphatic heterocycles. The second-order valence-electron chi connectivity index (χ2n) is 4.68. The lowest BCUT2D eigenvalue weighted by molar-refractivity contribution is 0.0617. The van der Waals surface area contributed by atoms with Gasteiger partial charge in [-0.2, -0.15) is 0 Å². The van der Waals surface area contributed by atoms with Gasteiger partial charge in [-0.05, 0) is 53.4 Å². The van der Waals surface area contributed by atoms with Gasteiger partial charge >= 0.3 is 0 Å². The molecule has 1 N–H and O–H groups in total. The molecule has 0 amide bonds. The highest BCUT2D eigenvalue weighted by atomic mass is 79.9. The van der Waals surface area contributed by atoms with E-state index in [9.17, 15) is 0 Å². The maximum Gasteiger partial charge on any atom is 0.0757 e. The van der Waals surface area contributed by atoms with Gasteiger partial charge in [0.15, 0.2) is 0 Å². The first kappa shape index (κ1) is 13.5. The van der Waals surface area contributed by atoms with Gasteiger partial charge in [0, 0.05) is 17.5 Å². The molecule has 2 nitrogen and oxygen atoms in total. The van der Waals surface area contributed by atoms with E-state index in [2.05, 4.69) is 47.2 Å². The lowest BCUT2D eigenvalue weighted by Gasteiger charge is -2.26. The van der Waals surface area contributed by atoms with Gasteiger partial charge in [-0.25, -0.2) is 0 Å². The van der Waals surface area contributed by atoms with Gasteiger partial charge in [-0.1, -0.05) is 13.8 Å². The van der Waals surface area contributed by atoms with Crippen LogP contribution in [0.3, 0.4) is 0 Å². The summed E-state index contributed by atoms with van der Waals surface area (Å²) in [4.78, 5) is 1.42. The molecule has 0 saturated carbocycles. The van der Waals surface area contributed by atoms with E-state index in [1.807, 2.05) is 11.3 Å². The fourth-order valence-electron chi connectivity index (χ4n) is 2.48. The third-order valence-corrected chi connectivity index (χ3v) is 5.00. The first-order chi connectivity index (χ1) is 8.20. The Morgan fingerprint density at radius 3 is 2.94 bits per heavy atom. The zero-order valence-corrected chi connectivity index (χ0v) is 12.8. The van der Waals surface area contributed by atoms with Crippen LogP contribution in [0.1, 0.15) is 25.1 Å². The summed E-state index contributed by atoms with van der Waals surface area (Å²) in [6.07, 6.45) is 2.63. The minimum atomic E-state index is 0.371. The van der Waals surface area contributed by atoms with Gasteiger partial charge in [0.05, 0.1) is 9.89 Å². The molecule has 4 heteroatoms. The van der Waals surface area contributed by atoms with E-state index in [1.165, 1.54) is 15.1 Å². The summed E-state index contributed by atoms with van der Waals surface area (Å²) in [5, 5.41) is 3.58. The van der Waals surface area contributed by atoms with Gasteiger partial charge in [0.1, 0.15) is 0 Å². The minimum Gasteiger partial charge on any atom is -0.376 e. The van der Waals surface area contributed by atoms with Crippen molar-refractivity contribution < 1.29 is 4.74 Å². The van der Waals surface area contributed by atoms with Crippen LogP contribution in [0.4, 0.5) is 0 Å². The molecule has 1 aromatic rings. The summed E-state index contributed by atoms with van der Waals surface area (Å²) in [6.45, 7) is 6.38. The van der Waals surface area contributed by atoms with E-state index >= 15 is 0 Å². The van der Waals surface area contributed by atoms with Crippen molar-refractivity contribution in [2.45, 2.75) is 38.8 Å². The fourth-order valence-corrected chi connectivity index (χ4v) is 4.02. The number of hydrogen-bond donors (Lipinski definition) is 1. The highest BCUT2D eigenvalue weighted by Gasteiger charge is 2.31. The Kier molecular flexibility index (Phi) is 5.03. The quantitative estimate of drug-likeness (QED) is 0.898. The van der Waals surface area contributed by atoms with Crippen molar-refractivity contribution in [3.63, 3.8) is 0 Å². The van der Waals surface area contributed by atoms with Crippen molar-refractivity contribution in [1.82, 2.24) is 5.32 Å². The number of ether oxygens (including phenoxy) is 1. The third kappa shape index (κ3) is 3.53. The topological polar surface area (TPSA) is 21.3 Å². The number of likely N-dealkylation sites (N-methyl/N-ethyl adjacent to an activating group) is 1. The molecule has 0 spiro atoms. The third-order valence-electron chi connectivity index (χ3n) is 3.36. The van der Waals surface area contributed by atoms with E-state index in [1.54, 1.807) is 0 Å². The van der Waals surface area contributed by atoms with Crippen LogP contribution in [0.2, 0.25) is 0 Å². The smallest absolute Gasteiger partial charge is 0.0757 e. The summed E-state index contributed by atoms with van der Waals surface area (Å²) in [7, 11) is 0. The van der Waals surface area contributed by atoms with Crippen LogP contribution in [-0.4, -0.2) is 25.3 Å². The van der Waals surface area contributed by atoms with Crippen molar-refractivity contribution in [2.24, 2.45) is 5.92 Å². The number of rotatable bonds is 5. The SMILES string of the molecule is CCNC(Cc1ccc(Br)s1)C1OCCC1C. The van der Waals surface area contributed by atoms with E-state index in [4.69, 9.17) is 4.74 Å². The van der Waals surface area contributed by atoms with Crippen LogP contribution in [0.25, 0.3) is 0 Å². The molecule has 1 aliphatic rings. The molecule has 17 heavy (non-hydrogen) atoms. The molecule has 1 saturated heterocycles. The Labute approximate surface area is 116 Å². The predicted molar refractivity (Wildman–Crippen MR) is 76.7 cm³/mol. The average Bonchev–Trinajstić information content (AvgIpc) is 2.87. The largest absolute Gasteiger partial charge is 0.376 e. The molecule has 1 aromatic heterocycles. The summed E-state index contributed by atoms with van der Waals surface area (Å²) in [5.74, 6) is 0.669. The predicted octanol–water partition coefficient (Wildman–Crippen LogP) is 3.46. The van der Waals surface area contributed by atoms with Crippen LogP contribution < -0.4 is 5.32 Å². The van der Waals surface area contributed by atoms with Crippen LogP contribution in [0.15, 0.2) is 15.9 Å². The zero-order chi connectivity index (χ0) is 12.3. The summed E-state index contributed by atoms with van der Waals surface area (Å²) < 4.78 is 7.10. The van der Waals surface area contributed by atoms with E-state index in [0.29, 0.717) is 18.1 Å². The Hall–Kier alpha value is 0.1000. The average molecular weight is 318 g/mol. The van der Waals surface area contributed by atoms with Crippen LogP contribution in [0.5, 0.6) is 0 Å². The first-order valence-electron chi connectivity index (χ1n) is 6.30. The molecular weight excluding hydrogens is 298 g/mol. The Bertz CT molecular complexity index is 355. The zero-order valence-electron chi connectivity index (χ0n) is 10.4. The molecule has 96 valence electrons. The molecule has 0 aromatic carbocycles. The minimum absolute atomic E-state index is 0.371. The second kappa shape index (κ2) is 6.32. The van der Waals surface area contributed by atoms with E-state index in [0.717, 1.165) is 19.6 Å². The highest BCUT2D eigenvalue weighted by molar-refractivity contribution is 9.11. The fraction of sp³-hybridized carbons (Fsp3) is 0.692. The normalized spacial score (nSPS) is 26.3. The summed E-state index contributed by atoms with van der Waals surface area (Å²) >= 11 is 5.35. The van der Waals surface area contributed by atoms with Crippen molar-refractivity contribution in [3.8, 4) is 0 Å². The molecule has 0 aliphatic carbocycles. The summed E-state index contributed by atoms with van der Waals surface area (Å²) in [6, 6.07) is 4.78. The lowest BCUT2D eigenvalue weighted by atomic mass is 9.95. The molecule has 3 atom stereocenters. The molecule has 2 rings (SSSR count). The maximum absolute atomic E-state index is 5.89. The van der Waals surface area contributed by atoms with E-state index < -0.39 is 0 Å².